The van der Waals surface area contributed by atoms with Gasteiger partial charge in [0, 0.05) is 38.1 Å². The van der Waals surface area contributed by atoms with E-state index in [9.17, 15) is 14.0 Å². The third kappa shape index (κ3) is 3.95. The molecular formula is C25H21FN4O3. The highest BCUT2D eigenvalue weighted by Gasteiger charge is 2.32. The highest BCUT2D eigenvalue weighted by atomic mass is 19.1. The van der Waals surface area contributed by atoms with Crippen LogP contribution in [-0.4, -0.2) is 52.9 Å². The van der Waals surface area contributed by atoms with Crippen LogP contribution in [0.25, 0.3) is 11.8 Å². The predicted molar refractivity (Wildman–Crippen MR) is 121 cm³/mol. The maximum atomic E-state index is 14.6. The number of rotatable bonds is 4. The van der Waals surface area contributed by atoms with Crippen molar-refractivity contribution in [3.05, 3.63) is 89.0 Å². The van der Waals surface area contributed by atoms with E-state index in [2.05, 4.69) is 9.97 Å². The average molecular weight is 444 g/mol. The highest BCUT2D eigenvalue weighted by Crippen LogP contribution is 2.31. The van der Waals surface area contributed by atoms with Crippen LogP contribution in [0.15, 0.2) is 60.9 Å². The summed E-state index contributed by atoms with van der Waals surface area (Å²) >= 11 is 0. The topological polar surface area (TPSA) is 75.6 Å². The van der Waals surface area contributed by atoms with Crippen molar-refractivity contribution >= 4 is 29.7 Å². The molecule has 0 unspecified atom stereocenters. The molecule has 0 saturated carbocycles. The molecule has 33 heavy (non-hydrogen) atoms. The Kier molecular flexibility index (Phi) is 5.34. The molecule has 0 bridgehead atoms. The second-order valence-corrected chi connectivity index (χ2v) is 8.04. The first-order valence-corrected chi connectivity index (χ1v) is 10.6. The molecule has 1 fully saturated rings. The molecule has 0 radical (unpaired) electrons. The lowest BCUT2D eigenvalue weighted by atomic mass is 10.0. The van der Waals surface area contributed by atoms with Crippen LogP contribution in [0.2, 0.25) is 0 Å². The van der Waals surface area contributed by atoms with Gasteiger partial charge in [0.25, 0.3) is 5.91 Å². The Morgan fingerprint density at radius 1 is 1.15 bits per heavy atom. The van der Waals surface area contributed by atoms with Crippen molar-refractivity contribution in [3.8, 4) is 0 Å². The normalized spacial score (nSPS) is 18.4. The molecule has 5 rings (SSSR count). The molecule has 2 aromatic carbocycles. The summed E-state index contributed by atoms with van der Waals surface area (Å²) in [5.74, 6) is -0.421. The minimum atomic E-state index is -0.589. The van der Waals surface area contributed by atoms with Crippen molar-refractivity contribution in [1.82, 2.24) is 14.9 Å². The maximum Gasteiger partial charge on any atom is 0.344 e. The van der Waals surface area contributed by atoms with Gasteiger partial charge >= 0.3 is 5.97 Å². The third-order valence-corrected chi connectivity index (χ3v) is 6.00. The number of likely N-dealkylation sites (N-methyl/N-ethyl adjacent to an activating group) is 1. The minimum Gasteiger partial charge on any atom is -0.422 e. The van der Waals surface area contributed by atoms with E-state index in [1.165, 1.54) is 12.1 Å². The van der Waals surface area contributed by atoms with E-state index in [0.717, 1.165) is 6.42 Å². The standard InChI is InChI=1S/C25H21FN4O3/c1-29(25-27-10-4-11-28-25)17-9-12-30(15-17)23(31)20-13-16(7-8-21(20)26)14-22-18-5-2-3-6-19(18)24(32)33-22/h2-8,10-11,13-14,17H,9,12,15H2,1H3/t17-/m0/s1. The van der Waals surface area contributed by atoms with Gasteiger partial charge in [-0.2, -0.15) is 0 Å². The van der Waals surface area contributed by atoms with Crippen LogP contribution in [0.3, 0.4) is 0 Å². The lowest BCUT2D eigenvalue weighted by Crippen LogP contribution is -2.37. The monoisotopic (exact) mass is 444 g/mol. The highest BCUT2D eigenvalue weighted by molar-refractivity contribution is 6.05. The molecule has 1 saturated heterocycles. The van der Waals surface area contributed by atoms with Crippen molar-refractivity contribution in [1.29, 1.82) is 0 Å². The lowest BCUT2D eigenvalue weighted by molar-refractivity contribution is 0.0716. The van der Waals surface area contributed by atoms with E-state index in [1.54, 1.807) is 53.7 Å². The number of benzene rings is 2. The summed E-state index contributed by atoms with van der Waals surface area (Å²) in [6.07, 6.45) is 5.73. The molecule has 1 amide bonds. The largest absolute Gasteiger partial charge is 0.422 e. The van der Waals surface area contributed by atoms with Crippen LogP contribution in [0.1, 0.15) is 38.3 Å². The van der Waals surface area contributed by atoms with E-state index in [4.69, 9.17) is 4.74 Å². The molecule has 8 heteroatoms. The summed E-state index contributed by atoms with van der Waals surface area (Å²) in [6.45, 7) is 0.958. The first-order chi connectivity index (χ1) is 16.0. The van der Waals surface area contributed by atoms with Gasteiger partial charge in [-0.15, -0.1) is 0 Å². The van der Waals surface area contributed by atoms with Gasteiger partial charge < -0.3 is 14.5 Å². The zero-order chi connectivity index (χ0) is 22.9. The van der Waals surface area contributed by atoms with Gasteiger partial charge in [-0.3, -0.25) is 4.79 Å². The van der Waals surface area contributed by atoms with Gasteiger partial charge in [-0.25, -0.2) is 19.2 Å². The number of anilines is 1. The number of nitrogens with zero attached hydrogens (tertiary/aromatic N) is 4. The number of hydrogen-bond donors (Lipinski definition) is 0. The maximum absolute atomic E-state index is 14.6. The van der Waals surface area contributed by atoms with Gasteiger partial charge in [0.1, 0.15) is 11.6 Å². The number of carbonyl (C=O) groups is 2. The summed E-state index contributed by atoms with van der Waals surface area (Å²) in [6, 6.07) is 13.2. The van der Waals surface area contributed by atoms with Crippen molar-refractivity contribution in [2.75, 3.05) is 25.0 Å². The van der Waals surface area contributed by atoms with Crippen LogP contribution in [0, 0.1) is 5.82 Å². The van der Waals surface area contributed by atoms with Crippen molar-refractivity contribution in [3.63, 3.8) is 0 Å². The first kappa shape index (κ1) is 20.8. The van der Waals surface area contributed by atoms with E-state index >= 15 is 0 Å². The number of fused-ring (bicyclic) bond motifs is 1. The fraction of sp³-hybridized carbons (Fsp3) is 0.200. The van der Waals surface area contributed by atoms with Crippen LogP contribution >= 0.6 is 0 Å². The molecule has 3 heterocycles. The molecule has 2 aliphatic rings. The Labute approximate surface area is 190 Å². The molecule has 1 aromatic heterocycles. The zero-order valence-corrected chi connectivity index (χ0v) is 17.9. The number of amides is 1. The van der Waals surface area contributed by atoms with Gasteiger partial charge in [-0.05, 0) is 42.3 Å². The molecule has 2 aliphatic heterocycles. The Bertz CT molecular complexity index is 1260. The quantitative estimate of drug-likeness (QED) is 0.572. The Morgan fingerprint density at radius 3 is 2.70 bits per heavy atom. The average Bonchev–Trinajstić information content (AvgIpc) is 3.46. The number of hydrogen-bond acceptors (Lipinski definition) is 6. The van der Waals surface area contributed by atoms with Gasteiger partial charge in [0.2, 0.25) is 5.95 Å². The first-order valence-electron chi connectivity index (χ1n) is 10.6. The summed E-state index contributed by atoms with van der Waals surface area (Å²) in [7, 11) is 1.89. The summed E-state index contributed by atoms with van der Waals surface area (Å²) in [5.41, 5.74) is 1.72. The molecule has 1 atom stereocenters. The van der Waals surface area contributed by atoms with E-state index in [1.807, 2.05) is 18.0 Å². The fourth-order valence-electron chi connectivity index (χ4n) is 4.19. The van der Waals surface area contributed by atoms with E-state index < -0.39 is 11.8 Å². The van der Waals surface area contributed by atoms with Gasteiger partial charge in [-0.1, -0.05) is 24.3 Å². The Hall–Kier alpha value is -4.07. The SMILES string of the molecule is CN(c1ncccn1)[C@H]1CCN(C(=O)c2cc(C=C3OC(=O)c4ccccc43)ccc2F)C1. The van der Waals surface area contributed by atoms with Crippen LogP contribution in [-0.2, 0) is 4.74 Å². The third-order valence-electron chi connectivity index (χ3n) is 6.00. The second kappa shape index (κ2) is 8.46. The summed E-state index contributed by atoms with van der Waals surface area (Å²) in [4.78, 5) is 37.3. The van der Waals surface area contributed by atoms with Crippen molar-refractivity contribution in [2.45, 2.75) is 12.5 Å². The number of aromatic nitrogens is 2. The molecule has 0 N–H and O–H groups in total. The van der Waals surface area contributed by atoms with Crippen LogP contribution < -0.4 is 4.90 Å². The Balaban J connectivity index is 1.36. The van der Waals surface area contributed by atoms with E-state index in [0.29, 0.717) is 41.5 Å². The van der Waals surface area contributed by atoms with E-state index in [-0.39, 0.29) is 17.5 Å². The molecule has 7 nitrogen and oxygen atoms in total. The van der Waals surface area contributed by atoms with Crippen LogP contribution in [0.4, 0.5) is 10.3 Å². The molecule has 0 aliphatic carbocycles. The number of cyclic esters (lactones) is 1. The predicted octanol–water partition coefficient (Wildman–Crippen LogP) is 3.64. The smallest absolute Gasteiger partial charge is 0.344 e. The van der Waals surface area contributed by atoms with Crippen LogP contribution in [0.5, 0.6) is 0 Å². The van der Waals surface area contributed by atoms with Crippen molar-refractivity contribution in [2.24, 2.45) is 0 Å². The number of carbonyl (C=O) groups excluding carboxylic acids is 2. The summed E-state index contributed by atoms with van der Waals surface area (Å²) in [5, 5.41) is 0. The minimum absolute atomic E-state index is 0.0128. The number of likely N-dealkylation sites (tertiary alicyclic amines) is 1. The zero-order valence-electron chi connectivity index (χ0n) is 17.9. The second-order valence-electron chi connectivity index (χ2n) is 8.04. The number of esters is 1. The van der Waals surface area contributed by atoms with Gasteiger partial charge in [0.05, 0.1) is 17.2 Å². The molecule has 3 aromatic rings. The molecule has 0 spiro atoms. The fourth-order valence-corrected chi connectivity index (χ4v) is 4.19. The number of ether oxygens (including phenoxy) is 1. The number of halogens is 1. The molecule has 166 valence electrons. The Morgan fingerprint density at radius 2 is 1.91 bits per heavy atom. The van der Waals surface area contributed by atoms with Crippen molar-refractivity contribution < 1.29 is 18.7 Å². The molecular weight excluding hydrogens is 423 g/mol. The van der Waals surface area contributed by atoms with Gasteiger partial charge in [0.15, 0.2) is 0 Å². The lowest BCUT2D eigenvalue weighted by Gasteiger charge is -2.24. The summed E-state index contributed by atoms with van der Waals surface area (Å²) < 4.78 is 20.0.